The van der Waals surface area contributed by atoms with Crippen molar-refractivity contribution in [1.82, 2.24) is 0 Å². The average Bonchev–Trinajstić information content (AvgIpc) is 2.23. The van der Waals surface area contributed by atoms with Gasteiger partial charge in [-0.3, -0.25) is 0 Å². The minimum absolute atomic E-state index is 0.778. The molecule has 0 aromatic heterocycles. The molecule has 2 aromatic rings. The van der Waals surface area contributed by atoms with E-state index in [0.29, 0.717) is 0 Å². The van der Waals surface area contributed by atoms with E-state index in [-0.39, 0.29) is 0 Å². The molecule has 76 valence electrons. The quantitative estimate of drug-likeness (QED) is 0.692. The standard InChI is InChI=1S/C13H14N2/c1-9-2-5-12(15)8-13(9)10-3-6-11(14)7-4-10/h2-8H,14-15H2,1H3. The Morgan fingerprint density at radius 1 is 0.800 bits per heavy atom. The molecule has 2 heteroatoms. The molecule has 0 aliphatic carbocycles. The Balaban J connectivity index is 2.53. The summed E-state index contributed by atoms with van der Waals surface area (Å²) in [6, 6.07) is 13.8. The van der Waals surface area contributed by atoms with Gasteiger partial charge in [0.15, 0.2) is 0 Å². The van der Waals surface area contributed by atoms with Gasteiger partial charge in [-0.25, -0.2) is 0 Å². The Kier molecular flexibility index (Phi) is 2.34. The van der Waals surface area contributed by atoms with Crippen LogP contribution in [0.25, 0.3) is 11.1 Å². The van der Waals surface area contributed by atoms with Crippen molar-refractivity contribution in [2.24, 2.45) is 0 Å². The highest BCUT2D eigenvalue weighted by molar-refractivity contribution is 5.71. The summed E-state index contributed by atoms with van der Waals surface area (Å²) >= 11 is 0. The maximum atomic E-state index is 5.77. The van der Waals surface area contributed by atoms with Crippen LogP contribution in [-0.4, -0.2) is 0 Å². The molecule has 2 aromatic carbocycles. The maximum Gasteiger partial charge on any atom is 0.0320 e. The van der Waals surface area contributed by atoms with E-state index in [4.69, 9.17) is 11.5 Å². The molecule has 0 fully saturated rings. The minimum atomic E-state index is 0.778. The number of nitrogen functional groups attached to an aromatic ring is 2. The summed E-state index contributed by atoms with van der Waals surface area (Å²) in [5.74, 6) is 0. The molecule has 4 N–H and O–H groups in total. The second-order valence-corrected chi connectivity index (χ2v) is 3.70. The van der Waals surface area contributed by atoms with Crippen molar-refractivity contribution in [3.05, 3.63) is 48.0 Å². The van der Waals surface area contributed by atoms with Crippen LogP contribution >= 0.6 is 0 Å². The minimum Gasteiger partial charge on any atom is -0.399 e. The Bertz CT molecular complexity index is 472. The third kappa shape index (κ3) is 1.94. The normalized spacial score (nSPS) is 10.2. The van der Waals surface area contributed by atoms with Gasteiger partial charge in [0.1, 0.15) is 0 Å². The van der Waals surface area contributed by atoms with Crippen LogP contribution in [0.1, 0.15) is 5.56 Å². The van der Waals surface area contributed by atoms with Gasteiger partial charge in [-0.05, 0) is 47.9 Å². The van der Waals surface area contributed by atoms with Crippen LogP contribution in [0.3, 0.4) is 0 Å². The predicted octanol–water partition coefficient (Wildman–Crippen LogP) is 2.83. The van der Waals surface area contributed by atoms with E-state index in [0.717, 1.165) is 22.5 Å². The van der Waals surface area contributed by atoms with Crippen LogP contribution in [0, 0.1) is 6.92 Å². The molecule has 2 nitrogen and oxygen atoms in total. The van der Waals surface area contributed by atoms with Crippen LogP contribution in [0.2, 0.25) is 0 Å². The van der Waals surface area contributed by atoms with Gasteiger partial charge in [-0.2, -0.15) is 0 Å². The van der Waals surface area contributed by atoms with Crippen molar-refractivity contribution in [1.29, 1.82) is 0 Å². The van der Waals surface area contributed by atoms with Crippen molar-refractivity contribution in [3.8, 4) is 11.1 Å². The first-order chi connectivity index (χ1) is 7.16. The summed E-state index contributed by atoms with van der Waals surface area (Å²) in [5, 5.41) is 0. The zero-order chi connectivity index (χ0) is 10.8. The van der Waals surface area contributed by atoms with Crippen molar-refractivity contribution < 1.29 is 0 Å². The van der Waals surface area contributed by atoms with Gasteiger partial charge in [0.05, 0.1) is 0 Å². The number of benzene rings is 2. The lowest BCUT2D eigenvalue weighted by molar-refractivity contribution is 1.46. The van der Waals surface area contributed by atoms with E-state index in [2.05, 4.69) is 6.92 Å². The van der Waals surface area contributed by atoms with Crippen LogP contribution < -0.4 is 11.5 Å². The Morgan fingerprint density at radius 2 is 1.40 bits per heavy atom. The van der Waals surface area contributed by atoms with Gasteiger partial charge < -0.3 is 11.5 Å². The smallest absolute Gasteiger partial charge is 0.0320 e. The van der Waals surface area contributed by atoms with Gasteiger partial charge in [0.2, 0.25) is 0 Å². The number of anilines is 2. The number of rotatable bonds is 1. The lowest BCUT2D eigenvalue weighted by Crippen LogP contribution is -1.89. The maximum absolute atomic E-state index is 5.77. The van der Waals surface area contributed by atoms with Crippen LogP contribution in [0.5, 0.6) is 0 Å². The summed E-state index contributed by atoms with van der Waals surface area (Å²) in [6.07, 6.45) is 0. The molecule has 0 aliphatic heterocycles. The highest BCUT2D eigenvalue weighted by Crippen LogP contribution is 2.26. The lowest BCUT2D eigenvalue weighted by atomic mass is 10.00. The first kappa shape index (κ1) is 9.59. The molecule has 15 heavy (non-hydrogen) atoms. The largest absolute Gasteiger partial charge is 0.399 e. The Labute approximate surface area is 89.5 Å². The van der Waals surface area contributed by atoms with Crippen LogP contribution in [0.4, 0.5) is 11.4 Å². The molecule has 0 bridgehead atoms. The van der Waals surface area contributed by atoms with E-state index < -0.39 is 0 Å². The molecule has 0 saturated heterocycles. The van der Waals surface area contributed by atoms with E-state index >= 15 is 0 Å². The zero-order valence-corrected chi connectivity index (χ0v) is 8.70. The number of hydrogen-bond acceptors (Lipinski definition) is 2. The summed E-state index contributed by atoms with van der Waals surface area (Å²) in [5.41, 5.74) is 16.5. The number of nitrogens with two attached hydrogens (primary N) is 2. The fourth-order valence-corrected chi connectivity index (χ4v) is 1.61. The molecular formula is C13H14N2. The zero-order valence-electron chi connectivity index (χ0n) is 8.70. The molecule has 0 amide bonds. The SMILES string of the molecule is Cc1ccc(N)cc1-c1ccc(N)cc1. The van der Waals surface area contributed by atoms with Crippen LogP contribution in [-0.2, 0) is 0 Å². The molecule has 0 unspecified atom stereocenters. The summed E-state index contributed by atoms with van der Waals surface area (Å²) in [6.45, 7) is 2.07. The lowest BCUT2D eigenvalue weighted by Gasteiger charge is -2.07. The van der Waals surface area contributed by atoms with E-state index in [9.17, 15) is 0 Å². The molecule has 0 aliphatic rings. The van der Waals surface area contributed by atoms with Crippen molar-refractivity contribution >= 4 is 11.4 Å². The molecule has 0 saturated carbocycles. The Hall–Kier alpha value is -1.96. The second-order valence-electron chi connectivity index (χ2n) is 3.70. The van der Waals surface area contributed by atoms with Crippen molar-refractivity contribution in [2.75, 3.05) is 11.5 Å². The molecule has 0 spiro atoms. The predicted molar refractivity (Wildman–Crippen MR) is 65.4 cm³/mol. The Morgan fingerprint density at radius 3 is 2.07 bits per heavy atom. The monoisotopic (exact) mass is 198 g/mol. The highest BCUT2D eigenvalue weighted by atomic mass is 14.5. The van der Waals surface area contributed by atoms with Crippen LogP contribution in [0.15, 0.2) is 42.5 Å². The molecular weight excluding hydrogens is 184 g/mol. The summed E-state index contributed by atoms with van der Waals surface area (Å²) in [4.78, 5) is 0. The highest BCUT2D eigenvalue weighted by Gasteiger charge is 2.01. The van der Waals surface area contributed by atoms with Crippen molar-refractivity contribution in [3.63, 3.8) is 0 Å². The number of aryl methyl sites for hydroxylation is 1. The topological polar surface area (TPSA) is 52.0 Å². The van der Waals surface area contributed by atoms with Gasteiger partial charge in [-0.15, -0.1) is 0 Å². The number of hydrogen-bond donors (Lipinski definition) is 2. The fourth-order valence-electron chi connectivity index (χ4n) is 1.61. The molecule has 0 radical (unpaired) electrons. The van der Waals surface area contributed by atoms with Gasteiger partial charge in [-0.1, -0.05) is 18.2 Å². The van der Waals surface area contributed by atoms with Crippen molar-refractivity contribution in [2.45, 2.75) is 6.92 Å². The third-order valence-corrected chi connectivity index (χ3v) is 2.48. The molecule has 2 rings (SSSR count). The summed E-state index contributed by atoms with van der Waals surface area (Å²) in [7, 11) is 0. The van der Waals surface area contributed by atoms with Gasteiger partial charge in [0, 0.05) is 11.4 Å². The first-order valence-corrected chi connectivity index (χ1v) is 4.89. The average molecular weight is 198 g/mol. The van der Waals surface area contributed by atoms with E-state index in [1.165, 1.54) is 5.56 Å². The first-order valence-electron chi connectivity index (χ1n) is 4.89. The van der Waals surface area contributed by atoms with Gasteiger partial charge in [0.25, 0.3) is 0 Å². The molecule has 0 heterocycles. The fraction of sp³-hybridized carbons (Fsp3) is 0.0769. The van der Waals surface area contributed by atoms with Gasteiger partial charge >= 0.3 is 0 Å². The molecule has 0 atom stereocenters. The summed E-state index contributed by atoms with van der Waals surface area (Å²) < 4.78 is 0. The van der Waals surface area contributed by atoms with E-state index in [1.54, 1.807) is 0 Å². The third-order valence-electron chi connectivity index (χ3n) is 2.48. The second kappa shape index (κ2) is 3.65. The van der Waals surface area contributed by atoms with E-state index in [1.807, 2.05) is 42.5 Å².